The highest BCUT2D eigenvalue weighted by Crippen LogP contribution is 2.44. The number of nitrogen functional groups attached to an aromatic ring is 1. The second-order valence-corrected chi connectivity index (χ2v) is 9.11. The first-order chi connectivity index (χ1) is 16.4. The number of esters is 1. The van der Waals surface area contributed by atoms with Gasteiger partial charge in [0.1, 0.15) is 18.2 Å². The number of methoxy groups -OCH3 is 1. The number of ether oxygens (including phenoxy) is 2. The smallest absolute Gasteiger partial charge is 0.310 e. The molecule has 2 aromatic carbocycles. The van der Waals surface area contributed by atoms with Crippen molar-refractivity contribution in [3.63, 3.8) is 0 Å². The summed E-state index contributed by atoms with van der Waals surface area (Å²) in [6, 6.07) is 10.6. The highest BCUT2D eigenvalue weighted by Gasteiger charge is 2.32. The Hall–Kier alpha value is -3.85. The van der Waals surface area contributed by atoms with Gasteiger partial charge in [0.05, 0.1) is 24.3 Å². The van der Waals surface area contributed by atoms with Crippen molar-refractivity contribution in [1.82, 2.24) is 0 Å². The van der Waals surface area contributed by atoms with Crippen molar-refractivity contribution in [2.24, 2.45) is 11.7 Å². The first-order valence-electron chi connectivity index (χ1n) is 10.9. The van der Waals surface area contributed by atoms with Gasteiger partial charge in [-0.25, -0.2) is 0 Å². The molecule has 2 aliphatic rings. The maximum absolute atomic E-state index is 13.5. The van der Waals surface area contributed by atoms with Crippen molar-refractivity contribution in [3.05, 3.63) is 63.8 Å². The Labute approximate surface area is 200 Å². The van der Waals surface area contributed by atoms with Crippen LogP contribution in [0.3, 0.4) is 0 Å². The Morgan fingerprint density at radius 1 is 1.21 bits per heavy atom. The average molecular weight is 477 g/mol. The number of rotatable bonds is 5. The minimum atomic E-state index is -0.266. The lowest BCUT2D eigenvalue weighted by molar-refractivity contribution is -0.144. The van der Waals surface area contributed by atoms with Crippen molar-refractivity contribution >= 4 is 40.4 Å². The molecule has 0 saturated carbocycles. The van der Waals surface area contributed by atoms with Gasteiger partial charge in [-0.3, -0.25) is 15.0 Å². The molecule has 2 aliphatic heterocycles. The largest absolute Gasteiger partial charge is 0.488 e. The molecule has 0 spiro atoms. The molecule has 1 aromatic heterocycles. The Morgan fingerprint density at radius 3 is 2.74 bits per heavy atom. The molecule has 0 radical (unpaired) electrons. The topological polar surface area (TPSA) is 118 Å². The van der Waals surface area contributed by atoms with Crippen LogP contribution in [0.4, 0.5) is 11.4 Å². The van der Waals surface area contributed by atoms with E-state index in [2.05, 4.69) is 16.1 Å². The lowest BCUT2D eigenvalue weighted by Gasteiger charge is -2.26. The number of fused-ring (bicyclic) bond motifs is 3. The summed E-state index contributed by atoms with van der Waals surface area (Å²) in [6.07, 6.45) is 0.660. The number of anilines is 2. The van der Waals surface area contributed by atoms with Gasteiger partial charge < -0.3 is 25.4 Å². The fourth-order valence-electron chi connectivity index (χ4n) is 4.44. The highest BCUT2D eigenvalue weighted by atomic mass is 32.1. The quantitative estimate of drug-likeness (QED) is 0.293. The van der Waals surface area contributed by atoms with Crippen molar-refractivity contribution in [2.75, 3.05) is 30.4 Å². The maximum Gasteiger partial charge on any atom is 0.310 e. The van der Waals surface area contributed by atoms with Crippen LogP contribution in [-0.2, 0) is 16.1 Å². The molecule has 3 aromatic rings. The third-order valence-corrected chi connectivity index (χ3v) is 7.07. The predicted molar refractivity (Wildman–Crippen MR) is 132 cm³/mol. The summed E-state index contributed by atoms with van der Waals surface area (Å²) in [5, 5.41) is 14.6. The van der Waals surface area contributed by atoms with Crippen LogP contribution in [0.5, 0.6) is 5.75 Å². The van der Waals surface area contributed by atoms with E-state index in [1.165, 1.54) is 7.11 Å². The zero-order valence-corrected chi connectivity index (χ0v) is 19.4. The molecule has 4 N–H and O–H groups in total. The SMILES string of the molecule is COC(=O)[C@H]1CCN(c2cc3c(cc2C(=O)Nc2ccc(C(=N)N)cc2)-c2cscc2CO3)C1. The Balaban J connectivity index is 1.51. The number of benzene rings is 2. The number of nitrogens with zero attached hydrogens (tertiary/aromatic N) is 1. The van der Waals surface area contributed by atoms with Crippen molar-refractivity contribution in [2.45, 2.75) is 13.0 Å². The number of carbonyl (C=O) groups excluding carboxylic acids is 2. The van der Waals surface area contributed by atoms with Crippen molar-refractivity contribution in [1.29, 1.82) is 5.41 Å². The summed E-state index contributed by atoms with van der Waals surface area (Å²) < 4.78 is 10.9. The van der Waals surface area contributed by atoms with Crippen LogP contribution in [0.15, 0.2) is 47.2 Å². The molecular formula is C25H24N4O4S. The Kier molecular flexibility index (Phi) is 5.70. The standard InChI is InChI=1S/C25H24N4O4S/c1-32-25(31)15-6-7-29(10-15)21-9-22-18(20-13-34-12-16(20)11-33-22)8-19(21)24(30)28-17-4-2-14(3-5-17)23(26)27/h2-5,8-9,12-13,15H,6-7,10-11H2,1H3,(H3,26,27)(H,28,30)/t15-/m0/s1. The average Bonchev–Trinajstić information content (AvgIpc) is 3.53. The van der Waals surface area contributed by atoms with Gasteiger partial charge in [-0.2, -0.15) is 11.3 Å². The summed E-state index contributed by atoms with van der Waals surface area (Å²) >= 11 is 1.61. The molecule has 1 atom stereocenters. The molecule has 0 unspecified atom stereocenters. The fraction of sp³-hybridized carbons (Fsp3) is 0.240. The molecule has 0 aliphatic carbocycles. The number of hydrogen-bond acceptors (Lipinski definition) is 7. The van der Waals surface area contributed by atoms with E-state index in [4.69, 9.17) is 20.6 Å². The Bertz CT molecular complexity index is 1280. The number of nitrogens with two attached hydrogens (primary N) is 1. The molecule has 5 rings (SSSR count). The van der Waals surface area contributed by atoms with Crippen LogP contribution in [0.2, 0.25) is 0 Å². The minimum absolute atomic E-state index is 0.0318. The second-order valence-electron chi connectivity index (χ2n) is 8.36. The van der Waals surface area contributed by atoms with E-state index in [0.29, 0.717) is 42.9 Å². The third-order valence-electron chi connectivity index (χ3n) is 6.28. The van der Waals surface area contributed by atoms with Gasteiger partial charge in [-0.05, 0) is 47.5 Å². The van der Waals surface area contributed by atoms with E-state index in [1.807, 2.05) is 17.0 Å². The Morgan fingerprint density at radius 2 is 2.00 bits per heavy atom. The van der Waals surface area contributed by atoms with Crippen LogP contribution in [0.1, 0.15) is 27.9 Å². The summed E-state index contributed by atoms with van der Waals surface area (Å²) in [6.45, 7) is 1.60. The van der Waals surface area contributed by atoms with E-state index in [0.717, 1.165) is 28.1 Å². The second kappa shape index (κ2) is 8.83. The number of carbonyl (C=O) groups is 2. The molecule has 8 nitrogen and oxygen atoms in total. The molecule has 0 bridgehead atoms. The number of nitrogens with one attached hydrogen (secondary N) is 2. The third kappa shape index (κ3) is 3.99. The number of amides is 1. The van der Waals surface area contributed by atoms with Crippen LogP contribution < -0.4 is 20.7 Å². The molecule has 1 amide bonds. The molecule has 1 fully saturated rings. The fourth-order valence-corrected chi connectivity index (χ4v) is 5.28. The molecule has 34 heavy (non-hydrogen) atoms. The number of amidine groups is 1. The van der Waals surface area contributed by atoms with Gasteiger partial charge in [0.25, 0.3) is 5.91 Å². The number of thiophene rings is 1. The van der Waals surface area contributed by atoms with E-state index < -0.39 is 0 Å². The first kappa shape index (κ1) is 22.0. The van der Waals surface area contributed by atoms with Gasteiger partial charge in [-0.1, -0.05) is 0 Å². The molecule has 174 valence electrons. The van der Waals surface area contributed by atoms with E-state index in [9.17, 15) is 9.59 Å². The lowest BCUT2D eigenvalue weighted by Crippen LogP contribution is -2.26. The van der Waals surface area contributed by atoms with Crippen LogP contribution in [0, 0.1) is 11.3 Å². The molecule has 9 heteroatoms. The molecule has 1 saturated heterocycles. The van der Waals surface area contributed by atoms with Crippen molar-refractivity contribution < 1.29 is 19.1 Å². The zero-order chi connectivity index (χ0) is 23.8. The van der Waals surface area contributed by atoms with Gasteiger partial charge in [-0.15, -0.1) is 0 Å². The van der Waals surface area contributed by atoms with E-state index in [-0.39, 0.29) is 23.6 Å². The van der Waals surface area contributed by atoms with Crippen LogP contribution in [-0.4, -0.2) is 37.9 Å². The van der Waals surface area contributed by atoms with Gasteiger partial charge >= 0.3 is 5.97 Å². The maximum atomic E-state index is 13.5. The molecule has 3 heterocycles. The summed E-state index contributed by atoms with van der Waals surface area (Å²) in [7, 11) is 1.40. The first-order valence-corrected chi connectivity index (χ1v) is 11.8. The highest BCUT2D eigenvalue weighted by molar-refractivity contribution is 7.08. The van der Waals surface area contributed by atoms with E-state index >= 15 is 0 Å². The van der Waals surface area contributed by atoms with Gasteiger partial charge in [0, 0.05) is 47.1 Å². The van der Waals surface area contributed by atoms with E-state index in [1.54, 1.807) is 35.6 Å². The normalized spacial score (nSPS) is 16.3. The van der Waals surface area contributed by atoms with Crippen molar-refractivity contribution in [3.8, 4) is 16.9 Å². The van der Waals surface area contributed by atoms with Crippen LogP contribution in [0.25, 0.3) is 11.1 Å². The minimum Gasteiger partial charge on any atom is -0.488 e. The molecular weight excluding hydrogens is 452 g/mol. The summed E-state index contributed by atoms with van der Waals surface area (Å²) in [4.78, 5) is 27.6. The van der Waals surface area contributed by atoms with Gasteiger partial charge in [0.15, 0.2) is 0 Å². The van der Waals surface area contributed by atoms with Crippen LogP contribution >= 0.6 is 11.3 Å². The lowest BCUT2D eigenvalue weighted by atomic mass is 9.97. The summed E-state index contributed by atoms with van der Waals surface area (Å²) in [5.41, 5.74) is 11.0. The zero-order valence-electron chi connectivity index (χ0n) is 18.6. The number of hydrogen-bond donors (Lipinski definition) is 3. The summed E-state index contributed by atoms with van der Waals surface area (Å²) in [5.74, 6) is -0.0470. The predicted octanol–water partition coefficient (Wildman–Crippen LogP) is 3.84. The van der Waals surface area contributed by atoms with Gasteiger partial charge in [0.2, 0.25) is 0 Å². The monoisotopic (exact) mass is 476 g/mol.